The van der Waals surface area contributed by atoms with Crippen molar-refractivity contribution < 1.29 is 9.59 Å². The SMILES string of the molecule is C[Si](C)(O)c1ccc2c(c1)NCC2C(=O)N1CCC(c2cccc(CN)c2)CC1. The van der Waals surface area contributed by atoms with E-state index in [0.29, 0.717) is 19.0 Å². The first-order valence-corrected chi connectivity index (χ1v) is 13.5. The molecule has 2 heterocycles. The number of rotatable bonds is 4. The van der Waals surface area contributed by atoms with Gasteiger partial charge in [0.25, 0.3) is 0 Å². The van der Waals surface area contributed by atoms with Crippen LogP contribution in [0.3, 0.4) is 0 Å². The fourth-order valence-electron chi connectivity index (χ4n) is 4.56. The maximum atomic E-state index is 13.2. The van der Waals surface area contributed by atoms with Crippen LogP contribution in [0, 0.1) is 0 Å². The lowest BCUT2D eigenvalue weighted by molar-refractivity contribution is -0.133. The summed E-state index contributed by atoms with van der Waals surface area (Å²) in [5.74, 6) is 0.595. The van der Waals surface area contributed by atoms with E-state index in [2.05, 4.69) is 29.6 Å². The van der Waals surface area contributed by atoms with Gasteiger partial charge in [-0.05, 0) is 59.8 Å². The lowest BCUT2D eigenvalue weighted by Crippen LogP contribution is -2.41. The highest BCUT2D eigenvalue weighted by molar-refractivity contribution is 6.83. The second-order valence-electron chi connectivity index (χ2n) is 8.84. The molecule has 1 fully saturated rings. The summed E-state index contributed by atoms with van der Waals surface area (Å²) in [7, 11) is -2.35. The zero-order valence-corrected chi connectivity index (χ0v) is 18.3. The highest BCUT2D eigenvalue weighted by Crippen LogP contribution is 2.35. The van der Waals surface area contributed by atoms with Crippen molar-refractivity contribution in [2.45, 2.75) is 44.3 Å². The second-order valence-corrected chi connectivity index (χ2v) is 12.5. The molecular weight excluding hydrogens is 378 g/mol. The number of hydrogen-bond acceptors (Lipinski definition) is 4. The van der Waals surface area contributed by atoms with E-state index in [0.717, 1.165) is 42.4 Å². The maximum absolute atomic E-state index is 13.2. The van der Waals surface area contributed by atoms with Gasteiger partial charge in [0.05, 0.1) is 5.92 Å². The molecular formula is C23H31N3O2Si. The van der Waals surface area contributed by atoms with Crippen molar-refractivity contribution in [3.63, 3.8) is 0 Å². The van der Waals surface area contributed by atoms with Crippen molar-refractivity contribution in [1.82, 2.24) is 4.90 Å². The molecule has 1 amide bonds. The number of carbonyl (C=O) groups is 1. The Bertz CT molecular complexity index is 901. The van der Waals surface area contributed by atoms with Crippen molar-refractivity contribution in [2.24, 2.45) is 5.73 Å². The van der Waals surface area contributed by atoms with E-state index in [4.69, 9.17) is 5.73 Å². The third kappa shape index (κ3) is 4.10. The van der Waals surface area contributed by atoms with Crippen LogP contribution in [0.5, 0.6) is 0 Å². The zero-order valence-electron chi connectivity index (χ0n) is 17.3. The summed E-state index contributed by atoms with van der Waals surface area (Å²) < 4.78 is 0. The van der Waals surface area contributed by atoms with Gasteiger partial charge < -0.3 is 20.7 Å². The first-order valence-electron chi connectivity index (χ1n) is 10.5. The molecule has 154 valence electrons. The fraction of sp³-hybridized carbons (Fsp3) is 0.435. The summed E-state index contributed by atoms with van der Waals surface area (Å²) in [5.41, 5.74) is 10.4. The highest BCUT2D eigenvalue weighted by Gasteiger charge is 2.34. The number of carbonyl (C=O) groups excluding carboxylic acids is 1. The number of nitrogens with zero attached hydrogens (tertiary/aromatic N) is 1. The average molecular weight is 410 g/mol. The number of benzene rings is 2. The Hall–Kier alpha value is -2.15. The van der Waals surface area contributed by atoms with Gasteiger partial charge in [0.15, 0.2) is 0 Å². The molecule has 5 nitrogen and oxygen atoms in total. The predicted octanol–water partition coefficient (Wildman–Crippen LogP) is 2.46. The number of hydrogen-bond donors (Lipinski definition) is 3. The Labute approximate surface area is 174 Å². The number of likely N-dealkylation sites (tertiary alicyclic amines) is 1. The maximum Gasteiger partial charge on any atom is 0.231 e. The van der Waals surface area contributed by atoms with E-state index in [1.165, 1.54) is 11.1 Å². The van der Waals surface area contributed by atoms with Crippen LogP contribution in [0.25, 0.3) is 0 Å². The van der Waals surface area contributed by atoms with Gasteiger partial charge in [0, 0.05) is 31.9 Å². The molecule has 6 heteroatoms. The monoisotopic (exact) mass is 409 g/mol. The zero-order chi connectivity index (χ0) is 20.6. The van der Waals surface area contributed by atoms with Crippen LogP contribution in [0.4, 0.5) is 5.69 Å². The van der Waals surface area contributed by atoms with Crippen LogP contribution >= 0.6 is 0 Å². The lowest BCUT2D eigenvalue weighted by Gasteiger charge is -2.34. The standard InChI is InChI=1S/C23H31N3O2Si/c1-29(2,28)19-6-7-20-21(15-25-22(20)13-19)23(27)26-10-8-17(9-11-26)18-5-3-4-16(12-18)14-24/h3-7,12-13,17,21,25,28H,8-11,14-15,24H2,1-2H3. The van der Waals surface area contributed by atoms with E-state index in [-0.39, 0.29) is 11.8 Å². The van der Waals surface area contributed by atoms with E-state index >= 15 is 0 Å². The molecule has 2 aliphatic heterocycles. The molecule has 0 saturated carbocycles. The Kier molecular flexibility index (Phi) is 5.51. The Morgan fingerprint density at radius 1 is 1.21 bits per heavy atom. The third-order valence-corrected chi connectivity index (χ3v) is 8.12. The molecule has 4 rings (SSSR count). The summed E-state index contributed by atoms with van der Waals surface area (Å²) in [6.07, 6.45) is 1.99. The second kappa shape index (κ2) is 7.93. The Balaban J connectivity index is 1.42. The molecule has 0 bridgehead atoms. The van der Waals surface area contributed by atoms with Gasteiger partial charge >= 0.3 is 0 Å². The summed E-state index contributed by atoms with van der Waals surface area (Å²) in [6, 6.07) is 14.6. The molecule has 1 saturated heterocycles. The quantitative estimate of drug-likeness (QED) is 0.678. The number of anilines is 1. The normalized spacial score (nSPS) is 19.7. The summed E-state index contributed by atoms with van der Waals surface area (Å²) >= 11 is 0. The number of amides is 1. The minimum atomic E-state index is -2.35. The smallest absolute Gasteiger partial charge is 0.231 e. The fourth-order valence-corrected chi connectivity index (χ4v) is 5.55. The molecule has 1 atom stereocenters. The molecule has 0 radical (unpaired) electrons. The van der Waals surface area contributed by atoms with Gasteiger partial charge in [-0.15, -0.1) is 0 Å². The molecule has 29 heavy (non-hydrogen) atoms. The van der Waals surface area contributed by atoms with Gasteiger partial charge in [-0.1, -0.05) is 36.4 Å². The van der Waals surface area contributed by atoms with Crippen LogP contribution in [0.1, 0.15) is 41.4 Å². The van der Waals surface area contributed by atoms with Gasteiger partial charge in [-0.3, -0.25) is 4.79 Å². The van der Waals surface area contributed by atoms with Gasteiger partial charge in [0.1, 0.15) is 0 Å². The Morgan fingerprint density at radius 2 is 1.97 bits per heavy atom. The summed E-state index contributed by atoms with van der Waals surface area (Å²) in [5, 5.41) is 4.38. The molecule has 2 aliphatic rings. The van der Waals surface area contributed by atoms with Crippen LogP contribution in [0.2, 0.25) is 13.1 Å². The summed E-state index contributed by atoms with van der Waals surface area (Å²) in [4.78, 5) is 25.6. The first kappa shape index (κ1) is 20.1. The van der Waals surface area contributed by atoms with Crippen molar-refractivity contribution in [1.29, 1.82) is 0 Å². The van der Waals surface area contributed by atoms with Crippen LogP contribution in [0.15, 0.2) is 42.5 Å². The van der Waals surface area contributed by atoms with Crippen molar-refractivity contribution in [3.05, 3.63) is 59.2 Å². The largest absolute Gasteiger partial charge is 0.428 e. The third-order valence-electron chi connectivity index (χ3n) is 6.39. The Morgan fingerprint density at radius 3 is 2.66 bits per heavy atom. The van der Waals surface area contributed by atoms with Crippen LogP contribution in [-0.2, 0) is 11.3 Å². The first-order chi connectivity index (χ1) is 13.9. The highest BCUT2D eigenvalue weighted by atomic mass is 28.4. The summed E-state index contributed by atoms with van der Waals surface area (Å²) in [6.45, 7) is 6.65. The molecule has 0 aromatic heterocycles. The average Bonchev–Trinajstić information content (AvgIpc) is 3.16. The number of fused-ring (bicyclic) bond motifs is 1. The van der Waals surface area contributed by atoms with Crippen molar-refractivity contribution in [2.75, 3.05) is 25.0 Å². The lowest BCUT2D eigenvalue weighted by atomic mass is 9.88. The molecule has 4 N–H and O–H groups in total. The van der Waals surface area contributed by atoms with Gasteiger partial charge in [-0.25, -0.2) is 0 Å². The van der Waals surface area contributed by atoms with E-state index < -0.39 is 8.32 Å². The minimum Gasteiger partial charge on any atom is -0.428 e. The van der Waals surface area contributed by atoms with Crippen LogP contribution < -0.4 is 16.2 Å². The molecule has 1 unspecified atom stereocenters. The molecule has 2 aromatic carbocycles. The number of nitrogens with one attached hydrogen (secondary N) is 1. The van der Waals surface area contributed by atoms with Gasteiger partial charge in [-0.2, -0.15) is 0 Å². The number of piperidine rings is 1. The number of nitrogens with two attached hydrogens (primary N) is 1. The molecule has 0 spiro atoms. The molecule has 2 aromatic rings. The van der Waals surface area contributed by atoms with E-state index in [9.17, 15) is 9.59 Å². The van der Waals surface area contributed by atoms with E-state index in [1.54, 1.807) is 0 Å². The van der Waals surface area contributed by atoms with Crippen molar-refractivity contribution in [3.8, 4) is 0 Å². The topological polar surface area (TPSA) is 78.6 Å². The van der Waals surface area contributed by atoms with Crippen molar-refractivity contribution >= 4 is 25.1 Å². The minimum absolute atomic E-state index is 0.125. The predicted molar refractivity (Wildman–Crippen MR) is 120 cm³/mol. The molecule has 0 aliphatic carbocycles. The van der Waals surface area contributed by atoms with E-state index in [1.807, 2.05) is 36.2 Å². The van der Waals surface area contributed by atoms with Gasteiger partial charge in [0.2, 0.25) is 14.2 Å². The van der Waals surface area contributed by atoms with Crippen LogP contribution in [-0.4, -0.2) is 43.6 Å².